The highest BCUT2D eigenvalue weighted by Gasteiger charge is 2.31. The van der Waals surface area contributed by atoms with Gasteiger partial charge in [-0.3, -0.25) is 19.5 Å². The van der Waals surface area contributed by atoms with Gasteiger partial charge in [0.2, 0.25) is 5.91 Å². The molecule has 8 heteroatoms. The van der Waals surface area contributed by atoms with Gasteiger partial charge in [-0.1, -0.05) is 36.1 Å². The largest absolute Gasteiger partial charge is 0.497 e. The van der Waals surface area contributed by atoms with Crippen molar-refractivity contribution in [1.29, 1.82) is 0 Å². The zero-order chi connectivity index (χ0) is 19.9. The van der Waals surface area contributed by atoms with E-state index in [-0.39, 0.29) is 11.8 Å². The summed E-state index contributed by atoms with van der Waals surface area (Å²) in [5.41, 5.74) is 1.52. The first kappa shape index (κ1) is 20.0. The molecule has 2 heterocycles. The minimum Gasteiger partial charge on any atom is -0.497 e. The van der Waals surface area contributed by atoms with E-state index in [0.717, 1.165) is 11.3 Å². The maximum Gasteiger partial charge on any atom is 0.266 e. The number of anilines is 1. The fourth-order valence-electron chi connectivity index (χ4n) is 2.63. The van der Waals surface area contributed by atoms with Gasteiger partial charge < -0.3 is 10.1 Å². The number of methoxy groups -OCH3 is 1. The number of ether oxygens (including phenoxy) is 1. The van der Waals surface area contributed by atoms with Gasteiger partial charge in [-0.15, -0.1) is 0 Å². The van der Waals surface area contributed by atoms with Gasteiger partial charge in [-0.25, -0.2) is 0 Å². The van der Waals surface area contributed by atoms with Crippen LogP contribution in [0, 0.1) is 0 Å². The van der Waals surface area contributed by atoms with Gasteiger partial charge in [0.1, 0.15) is 10.1 Å². The zero-order valence-electron chi connectivity index (χ0n) is 15.3. The van der Waals surface area contributed by atoms with Gasteiger partial charge in [0.05, 0.1) is 23.9 Å². The average Bonchev–Trinajstić information content (AvgIpc) is 2.96. The van der Waals surface area contributed by atoms with Crippen LogP contribution in [0.3, 0.4) is 0 Å². The highest BCUT2D eigenvalue weighted by atomic mass is 32.2. The van der Waals surface area contributed by atoms with Crippen molar-refractivity contribution >= 4 is 51.9 Å². The number of nitrogens with zero attached hydrogens (tertiary/aromatic N) is 2. The van der Waals surface area contributed by atoms with Crippen LogP contribution in [-0.4, -0.2) is 39.7 Å². The summed E-state index contributed by atoms with van der Waals surface area (Å²) >= 11 is 6.61. The summed E-state index contributed by atoms with van der Waals surface area (Å²) in [5.74, 6) is 0.472. The molecule has 0 spiro atoms. The van der Waals surface area contributed by atoms with Crippen molar-refractivity contribution in [3.8, 4) is 5.75 Å². The lowest BCUT2D eigenvalue weighted by molar-refractivity contribution is -0.122. The number of benzene rings is 1. The summed E-state index contributed by atoms with van der Waals surface area (Å²) in [7, 11) is 1.60. The number of amides is 2. The van der Waals surface area contributed by atoms with Crippen molar-refractivity contribution in [3.05, 3.63) is 59.3 Å². The number of nitrogens with one attached hydrogen (secondary N) is 1. The van der Waals surface area contributed by atoms with Crippen LogP contribution in [0.15, 0.2) is 53.7 Å². The zero-order valence-corrected chi connectivity index (χ0v) is 16.9. The predicted octanol–water partition coefficient (Wildman–Crippen LogP) is 3.71. The lowest BCUT2D eigenvalue weighted by atomic mass is 10.2. The quantitative estimate of drug-likeness (QED) is 0.551. The molecule has 28 heavy (non-hydrogen) atoms. The summed E-state index contributed by atoms with van der Waals surface area (Å²) in [5, 5.41) is 2.78. The summed E-state index contributed by atoms with van der Waals surface area (Å²) < 4.78 is 5.71. The van der Waals surface area contributed by atoms with Crippen LogP contribution in [0.25, 0.3) is 6.08 Å². The Morgan fingerprint density at radius 2 is 2.21 bits per heavy atom. The van der Waals surface area contributed by atoms with Crippen molar-refractivity contribution in [3.63, 3.8) is 0 Å². The maximum absolute atomic E-state index is 12.7. The second-order valence-electron chi connectivity index (χ2n) is 6.00. The second-order valence-corrected chi connectivity index (χ2v) is 7.68. The molecular formula is C20H19N3O3S2. The molecule has 0 radical (unpaired) electrons. The molecule has 1 aliphatic rings. The molecule has 0 aliphatic carbocycles. The van der Waals surface area contributed by atoms with E-state index in [2.05, 4.69) is 10.3 Å². The first-order valence-corrected chi connectivity index (χ1v) is 9.88. The third kappa shape index (κ3) is 5.17. The molecule has 0 bridgehead atoms. The molecule has 0 unspecified atom stereocenters. The molecule has 1 aliphatic heterocycles. The van der Waals surface area contributed by atoms with E-state index in [0.29, 0.717) is 34.3 Å². The van der Waals surface area contributed by atoms with Crippen LogP contribution in [-0.2, 0) is 9.59 Å². The van der Waals surface area contributed by atoms with Gasteiger partial charge in [0.25, 0.3) is 5.91 Å². The van der Waals surface area contributed by atoms with Crippen LogP contribution in [0.4, 0.5) is 5.69 Å². The second kappa shape index (κ2) is 9.48. The summed E-state index contributed by atoms with van der Waals surface area (Å²) in [6.45, 7) is 0.403. The van der Waals surface area contributed by atoms with Gasteiger partial charge in [-0.05, 0) is 42.3 Å². The molecule has 1 aromatic heterocycles. The SMILES string of the molecule is COc1cccc(/C=C2\SC(=S)N(CCCC(=O)Nc3cccnc3)C2=O)c1. The van der Waals surface area contributed by atoms with E-state index in [1.807, 2.05) is 24.3 Å². The topological polar surface area (TPSA) is 71.5 Å². The van der Waals surface area contributed by atoms with Crippen LogP contribution in [0.1, 0.15) is 18.4 Å². The molecule has 0 saturated carbocycles. The fourth-order valence-corrected chi connectivity index (χ4v) is 3.94. The number of carbonyl (C=O) groups is 2. The third-order valence-corrected chi connectivity index (χ3v) is 5.37. The van der Waals surface area contributed by atoms with E-state index >= 15 is 0 Å². The van der Waals surface area contributed by atoms with Crippen molar-refractivity contribution in [1.82, 2.24) is 9.88 Å². The molecular weight excluding hydrogens is 394 g/mol. The van der Waals surface area contributed by atoms with Crippen molar-refractivity contribution in [2.24, 2.45) is 0 Å². The highest BCUT2D eigenvalue weighted by Crippen LogP contribution is 2.33. The molecule has 6 nitrogen and oxygen atoms in total. The minimum absolute atomic E-state index is 0.120. The molecule has 1 aromatic carbocycles. The lowest BCUT2D eigenvalue weighted by Gasteiger charge is -2.14. The monoisotopic (exact) mass is 413 g/mol. The molecule has 1 fully saturated rings. The van der Waals surface area contributed by atoms with Crippen molar-refractivity contribution in [2.75, 3.05) is 19.0 Å². The summed E-state index contributed by atoms with van der Waals surface area (Å²) in [4.78, 5) is 30.7. The van der Waals surface area contributed by atoms with Crippen molar-refractivity contribution in [2.45, 2.75) is 12.8 Å². The van der Waals surface area contributed by atoms with Crippen LogP contribution < -0.4 is 10.1 Å². The van der Waals surface area contributed by atoms with Crippen LogP contribution in [0.2, 0.25) is 0 Å². The smallest absolute Gasteiger partial charge is 0.266 e. The van der Waals surface area contributed by atoms with E-state index in [4.69, 9.17) is 17.0 Å². The number of hydrogen-bond donors (Lipinski definition) is 1. The first-order valence-electron chi connectivity index (χ1n) is 8.66. The number of thioether (sulfide) groups is 1. The molecule has 1 N–H and O–H groups in total. The average molecular weight is 414 g/mol. The van der Waals surface area contributed by atoms with Crippen LogP contribution >= 0.6 is 24.0 Å². The Kier molecular flexibility index (Phi) is 6.78. The van der Waals surface area contributed by atoms with E-state index in [9.17, 15) is 9.59 Å². The Balaban J connectivity index is 1.55. The standard InChI is InChI=1S/C20H19N3O3S2/c1-26-16-7-2-5-14(11-16)12-17-19(25)23(20(27)28-17)10-4-8-18(24)22-15-6-3-9-21-13-15/h2-3,5-7,9,11-13H,4,8,10H2,1H3,(H,22,24)/b17-12-. The summed E-state index contributed by atoms with van der Waals surface area (Å²) in [6, 6.07) is 11.0. The first-order chi connectivity index (χ1) is 13.6. The number of hydrogen-bond acceptors (Lipinski definition) is 6. The van der Waals surface area contributed by atoms with Gasteiger partial charge in [0, 0.05) is 19.2 Å². The molecule has 0 atom stereocenters. The molecule has 1 saturated heterocycles. The predicted molar refractivity (Wildman–Crippen MR) is 115 cm³/mol. The molecule has 3 rings (SSSR count). The Labute approximate surface area is 173 Å². The maximum atomic E-state index is 12.7. The lowest BCUT2D eigenvalue weighted by Crippen LogP contribution is -2.29. The van der Waals surface area contributed by atoms with E-state index in [1.165, 1.54) is 11.8 Å². The van der Waals surface area contributed by atoms with Gasteiger partial charge in [0.15, 0.2) is 0 Å². The Morgan fingerprint density at radius 3 is 2.96 bits per heavy atom. The number of carbonyl (C=O) groups excluding carboxylic acids is 2. The third-order valence-electron chi connectivity index (χ3n) is 4.00. The van der Waals surface area contributed by atoms with E-state index in [1.54, 1.807) is 42.6 Å². The number of pyridine rings is 1. The highest BCUT2D eigenvalue weighted by molar-refractivity contribution is 8.26. The number of aromatic nitrogens is 1. The van der Waals surface area contributed by atoms with Crippen LogP contribution in [0.5, 0.6) is 5.75 Å². The fraction of sp³-hybridized carbons (Fsp3) is 0.200. The van der Waals surface area contributed by atoms with Gasteiger partial charge in [-0.2, -0.15) is 0 Å². The normalized spacial score (nSPS) is 15.2. The van der Waals surface area contributed by atoms with Crippen molar-refractivity contribution < 1.29 is 14.3 Å². The molecule has 2 aromatic rings. The molecule has 2 amide bonds. The molecule has 144 valence electrons. The Hall–Kier alpha value is -2.71. The Morgan fingerprint density at radius 1 is 1.36 bits per heavy atom. The number of thiocarbonyl (C=S) groups is 1. The van der Waals surface area contributed by atoms with E-state index < -0.39 is 0 Å². The minimum atomic E-state index is -0.134. The Bertz CT molecular complexity index is 916. The van der Waals surface area contributed by atoms with Gasteiger partial charge >= 0.3 is 0 Å². The number of rotatable bonds is 7. The summed E-state index contributed by atoms with van der Waals surface area (Å²) in [6.07, 6.45) is 5.84.